The van der Waals surface area contributed by atoms with Crippen LogP contribution in [0.4, 0.5) is 0 Å². The lowest BCUT2D eigenvalue weighted by Gasteiger charge is -2.14. The molecule has 0 radical (unpaired) electrons. The highest BCUT2D eigenvalue weighted by Crippen LogP contribution is 2.19. The van der Waals surface area contributed by atoms with Gasteiger partial charge in [-0.3, -0.25) is 9.59 Å². The fraction of sp³-hybridized carbons (Fsp3) is 0.529. The number of carbonyl (C=O) groups is 2. The zero-order valence-corrected chi connectivity index (χ0v) is 13.3. The lowest BCUT2D eigenvalue weighted by Crippen LogP contribution is -2.34. The Morgan fingerprint density at radius 3 is 2.82 bits per heavy atom. The van der Waals surface area contributed by atoms with Crippen LogP contribution < -0.4 is 10.1 Å². The second-order valence-electron chi connectivity index (χ2n) is 5.42. The second-order valence-corrected chi connectivity index (χ2v) is 5.42. The van der Waals surface area contributed by atoms with E-state index >= 15 is 0 Å². The first-order valence-electron chi connectivity index (χ1n) is 7.91. The van der Waals surface area contributed by atoms with Crippen molar-refractivity contribution in [1.82, 2.24) is 10.2 Å². The second kappa shape index (κ2) is 7.82. The number of amides is 2. The highest BCUT2D eigenvalue weighted by Gasteiger charge is 2.32. The highest BCUT2D eigenvalue weighted by atomic mass is 16.5. The number of hydrogen-bond acceptors (Lipinski definition) is 3. The van der Waals surface area contributed by atoms with Crippen molar-refractivity contribution in [2.24, 2.45) is 5.92 Å². The SMILES string of the molecule is CCOc1ccccc1CCNC(=O)[C@H]1CC(=O)N(CC)C1. The van der Waals surface area contributed by atoms with Crippen molar-refractivity contribution in [3.63, 3.8) is 0 Å². The molecule has 2 amide bonds. The molecule has 1 N–H and O–H groups in total. The fourth-order valence-electron chi connectivity index (χ4n) is 2.72. The zero-order valence-electron chi connectivity index (χ0n) is 13.3. The van der Waals surface area contributed by atoms with Gasteiger partial charge >= 0.3 is 0 Å². The molecule has 1 heterocycles. The smallest absolute Gasteiger partial charge is 0.225 e. The average Bonchev–Trinajstić information content (AvgIpc) is 2.90. The van der Waals surface area contributed by atoms with E-state index in [1.807, 2.05) is 38.1 Å². The van der Waals surface area contributed by atoms with E-state index in [0.29, 0.717) is 32.7 Å². The first-order valence-corrected chi connectivity index (χ1v) is 7.91. The summed E-state index contributed by atoms with van der Waals surface area (Å²) in [5.74, 6) is 0.699. The van der Waals surface area contributed by atoms with E-state index in [1.54, 1.807) is 4.90 Å². The van der Waals surface area contributed by atoms with E-state index in [9.17, 15) is 9.59 Å². The molecule has 1 aromatic carbocycles. The number of ether oxygens (including phenoxy) is 1. The monoisotopic (exact) mass is 304 g/mol. The Balaban J connectivity index is 1.82. The van der Waals surface area contributed by atoms with Crippen LogP contribution in [0.3, 0.4) is 0 Å². The Labute approximate surface area is 131 Å². The quantitative estimate of drug-likeness (QED) is 0.832. The third-order valence-electron chi connectivity index (χ3n) is 3.93. The summed E-state index contributed by atoms with van der Waals surface area (Å²) in [4.78, 5) is 25.5. The van der Waals surface area contributed by atoms with Gasteiger partial charge in [-0.05, 0) is 31.9 Å². The van der Waals surface area contributed by atoms with Gasteiger partial charge in [0, 0.05) is 26.1 Å². The molecule has 0 aliphatic carbocycles. The Kier molecular flexibility index (Phi) is 5.81. The number of nitrogens with zero attached hydrogens (tertiary/aromatic N) is 1. The molecule has 1 aromatic rings. The van der Waals surface area contributed by atoms with Crippen LogP contribution >= 0.6 is 0 Å². The van der Waals surface area contributed by atoms with Gasteiger partial charge in [0.2, 0.25) is 11.8 Å². The summed E-state index contributed by atoms with van der Waals surface area (Å²) in [6.07, 6.45) is 1.05. The molecule has 0 bridgehead atoms. The van der Waals surface area contributed by atoms with E-state index in [2.05, 4.69) is 5.32 Å². The van der Waals surface area contributed by atoms with Crippen LogP contribution in [-0.2, 0) is 16.0 Å². The third kappa shape index (κ3) is 4.00. The van der Waals surface area contributed by atoms with Gasteiger partial charge in [-0.2, -0.15) is 0 Å². The van der Waals surface area contributed by atoms with Crippen LogP contribution in [0.2, 0.25) is 0 Å². The summed E-state index contributed by atoms with van der Waals surface area (Å²) >= 11 is 0. The van der Waals surface area contributed by atoms with Gasteiger partial charge in [0.1, 0.15) is 5.75 Å². The Morgan fingerprint density at radius 2 is 2.14 bits per heavy atom. The maximum absolute atomic E-state index is 12.1. The number of likely N-dealkylation sites (tertiary alicyclic amines) is 1. The maximum atomic E-state index is 12.1. The van der Waals surface area contributed by atoms with Crippen molar-refractivity contribution in [3.05, 3.63) is 29.8 Å². The summed E-state index contributed by atoms with van der Waals surface area (Å²) < 4.78 is 5.57. The molecule has 0 saturated carbocycles. The standard InChI is InChI=1S/C17H24N2O3/c1-3-19-12-14(11-16(19)20)17(21)18-10-9-13-7-5-6-8-15(13)22-4-2/h5-8,14H,3-4,9-12H2,1-2H3,(H,18,21)/t14-/m0/s1. The predicted octanol–water partition coefficient (Wildman–Crippen LogP) is 1.61. The van der Waals surface area contributed by atoms with Crippen molar-refractivity contribution in [3.8, 4) is 5.75 Å². The fourth-order valence-corrected chi connectivity index (χ4v) is 2.72. The van der Waals surface area contributed by atoms with Crippen LogP contribution in [0.1, 0.15) is 25.8 Å². The maximum Gasteiger partial charge on any atom is 0.225 e. The first-order chi connectivity index (χ1) is 10.7. The van der Waals surface area contributed by atoms with Crippen molar-refractivity contribution < 1.29 is 14.3 Å². The minimum Gasteiger partial charge on any atom is -0.494 e. The van der Waals surface area contributed by atoms with Crippen LogP contribution in [0.15, 0.2) is 24.3 Å². The molecule has 1 fully saturated rings. The molecule has 5 nitrogen and oxygen atoms in total. The summed E-state index contributed by atoms with van der Waals surface area (Å²) in [7, 11) is 0. The topological polar surface area (TPSA) is 58.6 Å². The van der Waals surface area contributed by atoms with E-state index in [1.165, 1.54) is 0 Å². The first kappa shape index (κ1) is 16.3. The molecule has 1 aliphatic heterocycles. The number of rotatable bonds is 7. The molecule has 1 saturated heterocycles. The van der Waals surface area contributed by atoms with Crippen molar-refractivity contribution in [2.75, 3.05) is 26.2 Å². The minimum absolute atomic E-state index is 0.0295. The Bertz CT molecular complexity index is 530. The zero-order chi connectivity index (χ0) is 15.9. The number of hydrogen-bond donors (Lipinski definition) is 1. The largest absolute Gasteiger partial charge is 0.494 e. The molecule has 0 aromatic heterocycles. The van der Waals surface area contributed by atoms with Gasteiger partial charge in [0.25, 0.3) is 0 Å². The summed E-state index contributed by atoms with van der Waals surface area (Å²) in [6, 6.07) is 7.86. The van der Waals surface area contributed by atoms with Gasteiger partial charge in [-0.15, -0.1) is 0 Å². The predicted molar refractivity (Wildman–Crippen MR) is 84.7 cm³/mol. The van der Waals surface area contributed by atoms with Crippen molar-refractivity contribution >= 4 is 11.8 Å². The summed E-state index contributed by atoms with van der Waals surface area (Å²) in [5, 5.41) is 2.93. The van der Waals surface area contributed by atoms with Gasteiger partial charge in [-0.25, -0.2) is 0 Å². The third-order valence-corrected chi connectivity index (χ3v) is 3.93. The van der Waals surface area contributed by atoms with Crippen LogP contribution in [0.5, 0.6) is 5.75 Å². The molecule has 1 aliphatic rings. The number of carbonyl (C=O) groups excluding carboxylic acids is 2. The average molecular weight is 304 g/mol. The van der Waals surface area contributed by atoms with Gasteiger partial charge in [-0.1, -0.05) is 18.2 Å². The number of benzene rings is 1. The summed E-state index contributed by atoms with van der Waals surface area (Å²) in [6.45, 7) is 6.28. The van der Waals surface area contributed by atoms with Gasteiger partial charge < -0.3 is 15.0 Å². The Morgan fingerprint density at radius 1 is 1.36 bits per heavy atom. The van der Waals surface area contributed by atoms with Crippen LogP contribution in [0, 0.1) is 5.92 Å². The molecular weight excluding hydrogens is 280 g/mol. The Hall–Kier alpha value is -2.04. The molecule has 22 heavy (non-hydrogen) atoms. The molecule has 0 spiro atoms. The van der Waals surface area contributed by atoms with E-state index < -0.39 is 0 Å². The van der Waals surface area contributed by atoms with Crippen molar-refractivity contribution in [1.29, 1.82) is 0 Å². The molecule has 0 unspecified atom stereocenters. The minimum atomic E-state index is -0.213. The van der Waals surface area contributed by atoms with Crippen molar-refractivity contribution in [2.45, 2.75) is 26.7 Å². The number of para-hydroxylation sites is 1. The molecule has 1 atom stereocenters. The van der Waals surface area contributed by atoms with E-state index in [4.69, 9.17) is 4.74 Å². The normalized spacial score (nSPS) is 17.6. The van der Waals surface area contributed by atoms with Gasteiger partial charge in [0.15, 0.2) is 0 Å². The lowest BCUT2D eigenvalue weighted by atomic mass is 10.1. The molecule has 120 valence electrons. The molecule has 2 rings (SSSR count). The van der Waals surface area contributed by atoms with E-state index in [0.717, 1.165) is 17.7 Å². The van der Waals surface area contributed by atoms with Gasteiger partial charge in [0.05, 0.1) is 12.5 Å². The highest BCUT2D eigenvalue weighted by molar-refractivity contribution is 5.89. The summed E-state index contributed by atoms with van der Waals surface area (Å²) in [5.41, 5.74) is 1.09. The molecular formula is C17H24N2O3. The lowest BCUT2D eigenvalue weighted by molar-refractivity contribution is -0.128. The van der Waals surface area contributed by atoms with E-state index in [-0.39, 0.29) is 17.7 Å². The molecule has 5 heteroatoms. The number of nitrogens with one attached hydrogen (secondary N) is 1. The van der Waals surface area contributed by atoms with Crippen LogP contribution in [-0.4, -0.2) is 43.0 Å². The van der Waals surface area contributed by atoms with Crippen LogP contribution in [0.25, 0.3) is 0 Å².